The summed E-state index contributed by atoms with van der Waals surface area (Å²) in [7, 11) is 0. The highest BCUT2D eigenvalue weighted by Crippen LogP contribution is 2.44. The van der Waals surface area contributed by atoms with E-state index >= 15 is 0 Å². The lowest BCUT2D eigenvalue weighted by Gasteiger charge is -2.16. The molecule has 1 rings (SSSR count). The molecule has 1 aromatic carbocycles. The summed E-state index contributed by atoms with van der Waals surface area (Å²) in [6.45, 7) is 1.52. The third-order valence-electron chi connectivity index (χ3n) is 3.24. The molecular weight excluding hydrogens is 303 g/mol. The summed E-state index contributed by atoms with van der Waals surface area (Å²) in [6.07, 6.45) is 8.43. The zero-order chi connectivity index (χ0) is 15.6. The maximum atomic E-state index is 9.99. The van der Waals surface area contributed by atoms with Gasteiger partial charge in [-0.3, -0.25) is 4.52 Å². The van der Waals surface area contributed by atoms with Gasteiger partial charge in [0.2, 0.25) is 0 Å². The van der Waals surface area contributed by atoms with Crippen LogP contribution < -0.4 is 4.52 Å². The number of rotatable bonds is 11. The SMILES string of the molecule is CCCCCCCCCOP(O)(=S)Oc1ccc(C)cc1. The van der Waals surface area contributed by atoms with Gasteiger partial charge in [0.1, 0.15) is 5.75 Å². The van der Waals surface area contributed by atoms with Gasteiger partial charge in [-0.2, -0.15) is 0 Å². The normalized spacial score (nSPS) is 13.9. The summed E-state index contributed by atoms with van der Waals surface area (Å²) in [6, 6.07) is 7.43. The van der Waals surface area contributed by atoms with Crippen LogP contribution in [-0.2, 0) is 16.3 Å². The van der Waals surface area contributed by atoms with Gasteiger partial charge < -0.3 is 9.42 Å². The molecule has 0 spiro atoms. The smallest absolute Gasteiger partial charge is 0.377 e. The van der Waals surface area contributed by atoms with Crippen molar-refractivity contribution in [3.8, 4) is 5.75 Å². The Morgan fingerprint density at radius 1 is 1.00 bits per heavy atom. The summed E-state index contributed by atoms with van der Waals surface area (Å²) < 4.78 is 10.7. The molecule has 0 saturated carbocycles. The van der Waals surface area contributed by atoms with E-state index in [1.54, 1.807) is 12.1 Å². The van der Waals surface area contributed by atoms with Crippen LogP contribution in [0.5, 0.6) is 5.75 Å². The highest BCUT2D eigenvalue weighted by molar-refractivity contribution is 8.07. The van der Waals surface area contributed by atoms with Crippen molar-refractivity contribution in [1.29, 1.82) is 0 Å². The molecule has 0 saturated heterocycles. The molecule has 1 N–H and O–H groups in total. The molecule has 0 amide bonds. The third kappa shape index (κ3) is 9.26. The van der Waals surface area contributed by atoms with Crippen LogP contribution in [-0.4, -0.2) is 11.5 Å². The van der Waals surface area contributed by atoms with Crippen molar-refractivity contribution in [3.63, 3.8) is 0 Å². The average Bonchev–Trinajstić information content (AvgIpc) is 2.44. The molecular formula is C16H27O3PS. The van der Waals surface area contributed by atoms with E-state index < -0.39 is 6.72 Å². The molecule has 120 valence electrons. The van der Waals surface area contributed by atoms with Gasteiger partial charge in [-0.05, 0) is 25.5 Å². The fourth-order valence-electron chi connectivity index (χ4n) is 2.00. The van der Waals surface area contributed by atoms with E-state index in [1.807, 2.05) is 19.1 Å². The van der Waals surface area contributed by atoms with Crippen molar-refractivity contribution in [3.05, 3.63) is 29.8 Å². The van der Waals surface area contributed by atoms with Crippen molar-refractivity contribution in [2.75, 3.05) is 6.61 Å². The number of hydrogen-bond donors (Lipinski definition) is 1. The zero-order valence-corrected chi connectivity index (χ0v) is 14.8. The first-order valence-corrected chi connectivity index (χ1v) is 10.4. The Kier molecular flexibility index (Phi) is 9.18. The van der Waals surface area contributed by atoms with Crippen molar-refractivity contribution in [1.82, 2.24) is 0 Å². The predicted molar refractivity (Wildman–Crippen MR) is 92.3 cm³/mol. The minimum absolute atomic E-state index is 0.466. The van der Waals surface area contributed by atoms with Crippen LogP contribution in [0.2, 0.25) is 0 Å². The summed E-state index contributed by atoms with van der Waals surface area (Å²) in [4.78, 5) is 9.99. The lowest BCUT2D eigenvalue weighted by Crippen LogP contribution is -1.99. The molecule has 0 aliphatic heterocycles. The van der Waals surface area contributed by atoms with Crippen molar-refractivity contribution >= 4 is 18.5 Å². The topological polar surface area (TPSA) is 38.7 Å². The molecule has 1 atom stereocenters. The Labute approximate surface area is 133 Å². The minimum Gasteiger partial charge on any atom is -0.424 e. The molecule has 0 bridgehead atoms. The van der Waals surface area contributed by atoms with E-state index in [2.05, 4.69) is 6.92 Å². The monoisotopic (exact) mass is 330 g/mol. The van der Waals surface area contributed by atoms with Gasteiger partial charge in [-0.25, -0.2) is 0 Å². The van der Waals surface area contributed by atoms with E-state index in [0.29, 0.717) is 12.4 Å². The Morgan fingerprint density at radius 3 is 2.19 bits per heavy atom. The lowest BCUT2D eigenvalue weighted by molar-refractivity contribution is 0.250. The van der Waals surface area contributed by atoms with Crippen LogP contribution in [0.25, 0.3) is 0 Å². The van der Waals surface area contributed by atoms with E-state index in [9.17, 15) is 4.89 Å². The second kappa shape index (κ2) is 10.3. The van der Waals surface area contributed by atoms with Crippen LogP contribution in [0.15, 0.2) is 24.3 Å². The summed E-state index contributed by atoms with van der Waals surface area (Å²) in [5, 5.41) is 0. The Bertz CT molecular complexity index is 434. The fourth-order valence-corrected chi connectivity index (χ4v) is 3.28. The maximum absolute atomic E-state index is 9.99. The van der Waals surface area contributed by atoms with E-state index in [0.717, 1.165) is 18.4 Å². The molecule has 0 aromatic heterocycles. The first kappa shape index (κ1) is 18.6. The highest BCUT2D eigenvalue weighted by Gasteiger charge is 2.16. The maximum Gasteiger partial charge on any atom is 0.377 e. The second-order valence-electron chi connectivity index (χ2n) is 5.33. The fraction of sp³-hybridized carbons (Fsp3) is 0.625. The first-order chi connectivity index (χ1) is 10.0. The largest absolute Gasteiger partial charge is 0.424 e. The van der Waals surface area contributed by atoms with Gasteiger partial charge in [0.25, 0.3) is 0 Å². The predicted octanol–water partition coefficient (Wildman–Crippen LogP) is 5.36. The van der Waals surface area contributed by atoms with Crippen LogP contribution >= 0.6 is 6.72 Å². The van der Waals surface area contributed by atoms with Crippen LogP contribution in [0, 0.1) is 6.92 Å². The quantitative estimate of drug-likeness (QED) is 0.438. The number of aryl methyl sites for hydroxylation is 1. The van der Waals surface area contributed by atoms with E-state index in [-0.39, 0.29) is 0 Å². The van der Waals surface area contributed by atoms with Gasteiger partial charge in [0, 0.05) is 11.8 Å². The minimum atomic E-state index is -3.16. The van der Waals surface area contributed by atoms with Crippen molar-refractivity contribution < 1.29 is 13.9 Å². The molecule has 21 heavy (non-hydrogen) atoms. The third-order valence-corrected chi connectivity index (χ3v) is 4.73. The van der Waals surface area contributed by atoms with Gasteiger partial charge >= 0.3 is 6.72 Å². The number of benzene rings is 1. The molecule has 0 aliphatic rings. The van der Waals surface area contributed by atoms with E-state index in [1.165, 1.54) is 32.1 Å². The Hall–Kier alpha value is -0.410. The molecule has 0 fully saturated rings. The standard InChI is InChI=1S/C16H27O3PS/c1-3-4-5-6-7-8-9-14-18-20(17,21)19-16-12-10-15(2)11-13-16/h10-13H,3-9,14H2,1-2H3,(H,17,21). The number of hydrogen-bond acceptors (Lipinski definition) is 3. The summed E-state index contributed by atoms with van der Waals surface area (Å²) in [5.74, 6) is 0.561. The first-order valence-electron chi connectivity index (χ1n) is 7.77. The van der Waals surface area contributed by atoms with Gasteiger partial charge in [0.15, 0.2) is 0 Å². The molecule has 0 radical (unpaired) electrons. The van der Waals surface area contributed by atoms with Gasteiger partial charge in [0.05, 0.1) is 6.61 Å². The second-order valence-corrected chi connectivity index (χ2v) is 8.09. The van der Waals surface area contributed by atoms with Crippen LogP contribution in [0.3, 0.4) is 0 Å². The Balaban J connectivity index is 2.15. The molecule has 0 aliphatic carbocycles. The van der Waals surface area contributed by atoms with Crippen LogP contribution in [0.4, 0.5) is 0 Å². The molecule has 5 heteroatoms. The van der Waals surface area contributed by atoms with Gasteiger partial charge in [-0.15, -0.1) is 0 Å². The Morgan fingerprint density at radius 2 is 1.57 bits per heavy atom. The van der Waals surface area contributed by atoms with Crippen LogP contribution in [0.1, 0.15) is 57.4 Å². The summed E-state index contributed by atoms with van der Waals surface area (Å²) in [5.41, 5.74) is 1.14. The number of unbranched alkanes of at least 4 members (excludes halogenated alkanes) is 6. The lowest BCUT2D eigenvalue weighted by atomic mass is 10.1. The van der Waals surface area contributed by atoms with E-state index in [4.69, 9.17) is 20.9 Å². The average molecular weight is 330 g/mol. The summed E-state index contributed by atoms with van der Waals surface area (Å²) >= 11 is 5.02. The molecule has 1 unspecified atom stereocenters. The molecule has 0 heterocycles. The van der Waals surface area contributed by atoms with Gasteiger partial charge in [-0.1, -0.05) is 63.1 Å². The van der Waals surface area contributed by atoms with Crippen molar-refractivity contribution in [2.45, 2.75) is 58.8 Å². The highest BCUT2D eigenvalue weighted by atomic mass is 32.5. The molecule has 3 nitrogen and oxygen atoms in total. The van der Waals surface area contributed by atoms with Crippen molar-refractivity contribution in [2.24, 2.45) is 0 Å². The zero-order valence-electron chi connectivity index (χ0n) is 13.1. The molecule has 1 aromatic rings.